The van der Waals surface area contributed by atoms with E-state index in [4.69, 9.17) is 31.5 Å². The molecule has 0 aliphatic rings. The Morgan fingerprint density at radius 2 is 2.17 bits per heavy atom. The summed E-state index contributed by atoms with van der Waals surface area (Å²) < 4.78 is 15.6. The first-order valence-electron chi connectivity index (χ1n) is 6.68. The molecule has 1 atom stereocenters. The second-order valence-corrected chi connectivity index (χ2v) is 4.69. The Morgan fingerprint density at radius 1 is 1.48 bits per heavy atom. The third-order valence-electron chi connectivity index (χ3n) is 2.55. The topological polar surface area (TPSA) is 112 Å². The van der Waals surface area contributed by atoms with E-state index in [1.807, 2.05) is 0 Å². The minimum Gasteiger partial charge on any atom is -0.493 e. The van der Waals surface area contributed by atoms with Gasteiger partial charge in [-0.1, -0.05) is 11.6 Å². The SMILES string of the molecule is CCOC(=O)C(C)Oc1c(Cl)cc(C=NNC(N)=O)cc1OC. The van der Waals surface area contributed by atoms with Crippen LogP contribution in [0.2, 0.25) is 5.02 Å². The number of methoxy groups -OCH3 is 1. The number of urea groups is 1. The molecule has 0 aromatic heterocycles. The first kappa shape index (κ1) is 18.6. The van der Waals surface area contributed by atoms with Crippen molar-refractivity contribution in [3.8, 4) is 11.5 Å². The maximum atomic E-state index is 11.6. The molecule has 0 bridgehead atoms. The lowest BCUT2D eigenvalue weighted by Crippen LogP contribution is -2.26. The van der Waals surface area contributed by atoms with Crippen molar-refractivity contribution in [3.05, 3.63) is 22.7 Å². The average Bonchev–Trinajstić information content (AvgIpc) is 2.49. The summed E-state index contributed by atoms with van der Waals surface area (Å²) in [6.07, 6.45) is 0.481. The number of amides is 2. The highest BCUT2D eigenvalue weighted by molar-refractivity contribution is 6.32. The van der Waals surface area contributed by atoms with Crippen molar-refractivity contribution in [1.82, 2.24) is 5.43 Å². The Kier molecular flexibility index (Phi) is 7.14. The van der Waals surface area contributed by atoms with Crippen LogP contribution in [0, 0.1) is 0 Å². The van der Waals surface area contributed by atoms with Crippen molar-refractivity contribution in [2.24, 2.45) is 10.8 Å². The highest BCUT2D eigenvalue weighted by atomic mass is 35.5. The Morgan fingerprint density at radius 3 is 2.74 bits per heavy atom. The fourth-order valence-corrected chi connectivity index (χ4v) is 1.85. The standard InChI is InChI=1S/C14H18ClN3O5/c1-4-22-13(19)8(2)23-12-10(15)5-9(6-11(12)21-3)7-17-18-14(16)20/h5-8H,4H2,1-3H3,(H3,16,18,20). The Balaban J connectivity index is 2.98. The number of benzene rings is 1. The molecule has 0 radical (unpaired) electrons. The number of hydrazone groups is 1. The first-order valence-corrected chi connectivity index (χ1v) is 7.06. The molecule has 1 rings (SSSR count). The summed E-state index contributed by atoms with van der Waals surface area (Å²) in [5, 5.41) is 3.83. The molecule has 3 N–H and O–H groups in total. The van der Waals surface area contributed by atoms with Crippen molar-refractivity contribution < 1.29 is 23.8 Å². The number of carbonyl (C=O) groups is 2. The van der Waals surface area contributed by atoms with Gasteiger partial charge in [0.05, 0.1) is 25.0 Å². The first-order chi connectivity index (χ1) is 10.9. The van der Waals surface area contributed by atoms with Gasteiger partial charge in [-0.2, -0.15) is 5.10 Å². The van der Waals surface area contributed by atoms with E-state index in [0.29, 0.717) is 11.3 Å². The summed E-state index contributed by atoms with van der Waals surface area (Å²) in [7, 11) is 1.43. The number of halogens is 1. The number of hydrogen-bond acceptors (Lipinski definition) is 6. The van der Waals surface area contributed by atoms with Crippen molar-refractivity contribution >= 4 is 29.8 Å². The highest BCUT2D eigenvalue weighted by Gasteiger charge is 2.20. The minimum absolute atomic E-state index is 0.203. The van der Waals surface area contributed by atoms with Crippen LogP contribution in [0.4, 0.5) is 4.79 Å². The van der Waals surface area contributed by atoms with Crippen LogP contribution in [0.1, 0.15) is 19.4 Å². The molecule has 126 valence electrons. The molecule has 0 spiro atoms. The average molecular weight is 344 g/mol. The van der Waals surface area contributed by atoms with E-state index in [9.17, 15) is 9.59 Å². The Hall–Kier alpha value is -2.48. The van der Waals surface area contributed by atoms with Gasteiger partial charge in [0.15, 0.2) is 17.6 Å². The van der Waals surface area contributed by atoms with Gasteiger partial charge >= 0.3 is 12.0 Å². The second kappa shape index (κ2) is 8.84. The number of nitrogens with zero attached hydrogens (tertiary/aromatic N) is 1. The van der Waals surface area contributed by atoms with Crippen LogP contribution in [-0.2, 0) is 9.53 Å². The van der Waals surface area contributed by atoms with E-state index in [1.54, 1.807) is 19.9 Å². The summed E-state index contributed by atoms with van der Waals surface area (Å²) in [6.45, 7) is 3.49. The van der Waals surface area contributed by atoms with Crippen LogP contribution in [0.5, 0.6) is 11.5 Å². The lowest BCUT2D eigenvalue weighted by molar-refractivity contribution is -0.150. The number of rotatable bonds is 7. The Bertz CT molecular complexity index is 606. The van der Waals surface area contributed by atoms with Gasteiger partial charge in [0.2, 0.25) is 0 Å². The minimum atomic E-state index is -0.850. The van der Waals surface area contributed by atoms with Crippen LogP contribution in [0.25, 0.3) is 0 Å². The Labute approximate surface area is 138 Å². The molecule has 1 aromatic rings. The summed E-state index contributed by atoms with van der Waals surface area (Å²) in [5.41, 5.74) is 7.49. The molecule has 0 aliphatic carbocycles. The molecule has 23 heavy (non-hydrogen) atoms. The normalized spacial score (nSPS) is 11.8. The van der Waals surface area contributed by atoms with Gasteiger partial charge in [0.1, 0.15) is 0 Å². The van der Waals surface area contributed by atoms with Crippen LogP contribution in [0.15, 0.2) is 17.2 Å². The molecule has 0 aliphatic heterocycles. The molecule has 2 amide bonds. The van der Waals surface area contributed by atoms with E-state index in [-0.39, 0.29) is 17.4 Å². The third-order valence-corrected chi connectivity index (χ3v) is 2.83. The predicted molar refractivity (Wildman–Crippen MR) is 85.0 cm³/mol. The summed E-state index contributed by atoms with van der Waals surface area (Å²) in [4.78, 5) is 22.2. The number of primary amides is 1. The molecule has 0 heterocycles. The monoisotopic (exact) mass is 343 g/mol. The number of hydrogen-bond donors (Lipinski definition) is 2. The van der Waals surface area contributed by atoms with E-state index in [2.05, 4.69) is 10.5 Å². The number of nitrogens with one attached hydrogen (secondary N) is 1. The van der Waals surface area contributed by atoms with Crippen LogP contribution < -0.4 is 20.6 Å². The maximum absolute atomic E-state index is 11.6. The van der Waals surface area contributed by atoms with E-state index in [0.717, 1.165) is 0 Å². The lowest BCUT2D eigenvalue weighted by Gasteiger charge is -2.17. The molecular formula is C14H18ClN3O5. The van der Waals surface area contributed by atoms with Gasteiger partial charge < -0.3 is 19.9 Å². The highest BCUT2D eigenvalue weighted by Crippen LogP contribution is 2.36. The van der Waals surface area contributed by atoms with Gasteiger partial charge in [-0.15, -0.1) is 0 Å². The molecular weight excluding hydrogens is 326 g/mol. The van der Waals surface area contributed by atoms with Crippen molar-refractivity contribution in [1.29, 1.82) is 0 Å². The maximum Gasteiger partial charge on any atom is 0.347 e. The van der Waals surface area contributed by atoms with Crippen molar-refractivity contribution in [2.75, 3.05) is 13.7 Å². The van der Waals surface area contributed by atoms with Gasteiger partial charge in [0, 0.05) is 0 Å². The number of ether oxygens (including phenoxy) is 3. The summed E-state index contributed by atoms with van der Waals surface area (Å²) in [6, 6.07) is 2.32. The van der Waals surface area contributed by atoms with E-state index < -0.39 is 18.1 Å². The van der Waals surface area contributed by atoms with Crippen molar-refractivity contribution in [3.63, 3.8) is 0 Å². The fourth-order valence-electron chi connectivity index (χ4n) is 1.58. The van der Waals surface area contributed by atoms with E-state index in [1.165, 1.54) is 19.4 Å². The predicted octanol–water partition coefficient (Wildman–Crippen LogP) is 1.68. The summed E-state index contributed by atoms with van der Waals surface area (Å²) in [5.74, 6) is -0.00850. The molecule has 9 heteroatoms. The molecule has 0 saturated carbocycles. The van der Waals surface area contributed by atoms with Gasteiger partial charge in [-0.25, -0.2) is 15.0 Å². The van der Waals surface area contributed by atoms with Gasteiger partial charge in [-0.05, 0) is 31.5 Å². The molecule has 0 saturated heterocycles. The zero-order valence-corrected chi connectivity index (χ0v) is 13.7. The largest absolute Gasteiger partial charge is 0.493 e. The summed E-state index contributed by atoms with van der Waals surface area (Å²) >= 11 is 6.15. The fraction of sp³-hybridized carbons (Fsp3) is 0.357. The van der Waals surface area contributed by atoms with Crippen molar-refractivity contribution in [2.45, 2.75) is 20.0 Å². The van der Waals surface area contributed by atoms with Gasteiger partial charge in [0.25, 0.3) is 0 Å². The molecule has 0 fully saturated rings. The van der Waals surface area contributed by atoms with Crippen LogP contribution in [0.3, 0.4) is 0 Å². The van der Waals surface area contributed by atoms with Crippen LogP contribution in [-0.4, -0.2) is 38.0 Å². The van der Waals surface area contributed by atoms with E-state index >= 15 is 0 Å². The lowest BCUT2D eigenvalue weighted by atomic mass is 10.2. The zero-order chi connectivity index (χ0) is 17.4. The zero-order valence-electron chi connectivity index (χ0n) is 13.0. The third kappa shape index (κ3) is 5.67. The second-order valence-electron chi connectivity index (χ2n) is 4.28. The smallest absolute Gasteiger partial charge is 0.347 e. The molecule has 1 aromatic carbocycles. The number of nitrogens with two attached hydrogens (primary N) is 1. The number of esters is 1. The van der Waals surface area contributed by atoms with Gasteiger partial charge in [-0.3, -0.25) is 0 Å². The number of carbonyl (C=O) groups excluding carboxylic acids is 2. The quantitative estimate of drug-likeness (QED) is 0.444. The molecule has 1 unspecified atom stereocenters. The van der Waals surface area contributed by atoms with Crippen LogP contribution >= 0.6 is 11.6 Å². The molecule has 8 nitrogen and oxygen atoms in total.